The van der Waals surface area contributed by atoms with Gasteiger partial charge in [-0.05, 0) is 49.6 Å². The number of nitrogens with one attached hydrogen (secondary N) is 2. The molecule has 1 atom stereocenters. The fourth-order valence-corrected chi connectivity index (χ4v) is 3.06. The highest BCUT2D eigenvalue weighted by Gasteiger charge is 2.17. The summed E-state index contributed by atoms with van der Waals surface area (Å²) in [5.41, 5.74) is 2.81. The van der Waals surface area contributed by atoms with Gasteiger partial charge in [0.1, 0.15) is 0 Å². The Balaban J connectivity index is 1.51. The predicted octanol–water partition coefficient (Wildman–Crippen LogP) is 4.74. The maximum Gasteiger partial charge on any atom is 0.291 e. The fraction of sp³-hybridized carbons (Fsp3) is 0.250. The third-order valence-corrected chi connectivity index (χ3v) is 4.74. The van der Waals surface area contributed by atoms with Gasteiger partial charge in [0.05, 0.1) is 23.6 Å². The monoisotopic (exact) mass is 406 g/mol. The van der Waals surface area contributed by atoms with Crippen LogP contribution in [-0.4, -0.2) is 25.0 Å². The molecular formula is C24H26N2O4. The smallest absolute Gasteiger partial charge is 0.291 e. The number of carbonyl (C=O) groups is 2. The molecule has 0 spiro atoms. The van der Waals surface area contributed by atoms with Crippen LogP contribution in [0, 0.1) is 6.92 Å². The van der Waals surface area contributed by atoms with E-state index in [0.29, 0.717) is 30.8 Å². The maximum absolute atomic E-state index is 12.7. The van der Waals surface area contributed by atoms with Crippen molar-refractivity contribution in [3.05, 3.63) is 89.4 Å². The van der Waals surface area contributed by atoms with E-state index in [-0.39, 0.29) is 17.8 Å². The Morgan fingerprint density at radius 2 is 1.80 bits per heavy atom. The minimum Gasteiger partial charge on any atom is -0.459 e. The highest BCUT2D eigenvalue weighted by Crippen LogP contribution is 2.22. The molecule has 0 fully saturated rings. The standard InChI is InChI=1S/C24H26N2O4/c1-17-9-6-12-20(22(17)26-24(28)21-13-7-15-30-21)23(27)25-14-8-16-29-18(2)19-10-4-3-5-11-19/h3-7,9-13,15,18H,8,14,16H2,1-2H3,(H,25,27)(H,26,28). The summed E-state index contributed by atoms with van der Waals surface area (Å²) in [6, 6.07) is 18.5. The molecule has 6 nitrogen and oxygen atoms in total. The summed E-state index contributed by atoms with van der Waals surface area (Å²) in [6.45, 7) is 4.86. The van der Waals surface area contributed by atoms with Gasteiger partial charge in [-0.25, -0.2) is 0 Å². The topological polar surface area (TPSA) is 80.6 Å². The molecule has 0 aliphatic carbocycles. The molecule has 2 N–H and O–H groups in total. The molecule has 0 saturated heterocycles. The highest BCUT2D eigenvalue weighted by atomic mass is 16.5. The zero-order valence-corrected chi connectivity index (χ0v) is 17.2. The van der Waals surface area contributed by atoms with Crippen molar-refractivity contribution in [2.24, 2.45) is 0 Å². The average Bonchev–Trinajstić information content (AvgIpc) is 3.30. The second-order valence-corrected chi connectivity index (χ2v) is 6.96. The third kappa shape index (κ3) is 5.58. The number of carbonyl (C=O) groups excluding carboxylic acids is 2. The number of furan rings is 1. The Kier molecular flexibility index (Phi) is 7.40. The molecule has 3 aromatic rings. The van der Waals surface area contributed by atoms with Crippen molar-refractivity contribution in [3.63, 3.8) is 0 Å². The first-order valence-electron chi connectivity index (χ1n) is 9.95. The Morgan fingerprint density at radius 3 is 2.53 bits per heavy atom. The number of aryl methyl sites for hydroxylation is 1. The van der Waals surface area contributed by atoms with Gasteiger partial charge in [0, 0.05) is 13.2 Å². The van der Waals surface area contributed by atoms with Crippen LogP contribution in [0.15, 0.2) is 71.3 Å². The first kappa shape index (κ1) is 21.3. The van der Waals surface area contributed by atoms with Crippen LogP contribution in [0.2, 0.25) is 0 Å². The predicted molar refractivity (Wildman–Crippen MR) is 116 cm³/mol. The minimum atomic E-state index is -0.397. The van der Waals surface area contributed by atoms with Crippen molar-refractivity contribution in [1.29, 1.82) is 0 Å². The molecule has 2 aromatic carbocycles. The molecule has 0 aliphatic heterocycles. The van der Waals surface area contributed by atoms with Gasteiger partial charge in [-0.15, -0.1) is 0 Å². The highest BCUT2D eigenvalue weighted by molar-refractivity contribution is 6.08. The second kappa shape index (κ2) is 10.4. The van der Waals surface area contributed by atoms with Crippen molar-refractivity contribution in [1.82, 2.24) is 5.32 Å². The molecule has 1 aromatic heterocycles. The Morgan fingerprint density at radius 1 is 1.00 bits per heavy atom. The van der Waals surface area contributed by atoms with Crippen LogP contribution in [0.3, 0.4) is 0 Å². The van der Waals surface area contributed by atoms with Crippen LogP contribution in [0.1, 0.15) is 51.5 Å². The van der Waals surface area contributed by atoms with Crippen molar-refractivity contribution < 1.29 is 18.7 Å². The molecule has 6 heteroatoms. The number of amides is 2. The molecule has 156 valence electrons. The van der Waals surface area contributed by atoms with E-state index in [9.17, 15) is 9.59 Å². The lowest BCUT2D eigenvalue weighted by Crippen LogP contribution is -2.27. The van der Waals surface area contributed by atoms with E-state index >= 15 is 0 Å². The van der Waals surface area contributed by atoms with Crippen molar-refractivity contribution in [2.45, 2.75) is 26.4 Å². The van der Waals surface area contributed by atoms with E-state index in [2.05, 4.69) is 10.6 Å². The molecule has 1 unspecified atom stereocenters. The normalized spacial score (nSPS) is 11.7. The van der Waals surface area contributed by atoms with Crippen LogP contribution >= 0.6 is 0 Å². The maximum atomic E-state index is 12.7. The van der Waals surface area contributed by atoms with E-state index in [0.717, 1.165) is 11.1 Å². The molecular weight excluding hydrogens is 380 g/mol. The van der Waals surface area contributed by atoms with Gasteiger partial charge in [-0.2, -0.15) is 0 Å². The van der Waals surface area contributed by atoms with Crippen LogP contribution in [0.25, 0.3) is 0 Å². The van der Waals surface area contributed by atoms with Crippen molar-refractivity contribution in [2.75, 3.05) is 18.5 Å². The minimum absolute atomic E-state index is 0.00194. The first-order valence-corrected chi connectivity index (χ1v) is 9.95. The molecule has 30 heavy (non-hydrogen) atoms. The number of hydrogen-bond acceptors (Lipinski definition) is 4. The van der Waals surface area contributed by atoms with Gasteiger partial charge in [-0.3, -0.25) is 9.59 Å². The van der Waals surface area contributed by atoms with Gasteiger partial charge in [-0.1, -0.05) is 42.5 Å². The van der Waals surface area contributed by atoms with Gasteiger partial charge < -0.3 is 19.8 Å². The Labute approximate surface area is 176 Å². The molecule has 0 aliphatic rings. The van der Waals surface area contributed by atoms with Gasteiger partial charge in [0.2, 0.25) is 0 Å². The number of anilines is 1. The lowest BCUT2D eigenvalue weighted by molar-refractivity contribution is 0.0635. The van der Waals surface area contributed by atoms with Crippen LogP contribution < -0.4 is 10.6 Å². The summed E-state index contributed by atoms with van der Waals surface area (Å²) < 4.78 is 11.0. The average molecular weight is 406 g/mol. The van der Waals surface area contributed by atoms with Crippen molar-refractivity contribution in [3.8, 4) is 0 Å². The summed E-state index contributed by atoms with van der Waals surface area (Å²) in [4.78, 5) is 25.0. The van der Waals surface area contributed by atoms with Gasteiger partial charge in [0.15, 0.2) is 5.76 Å². The number of ether oxygens (including phenoxy) is 1. The number of para-hydroxylation sites is 1. The molecule has 0 radical (unpaired) electrons. The fourth-order valence-electron chi connectivity index (χ4n) is 3.06. The van der Waals surface area contributed by atoms with E-state index in [1.807, 2.05) is 50.2 Å². The summed E-state index contributed by atoms with van der Waals surface area (Å²) in [5.74, 6) is -0.453. The van der Waals surface area contributed by atoms with Crippen molar-refractivity contribution >= 4 is 17.5 Å². The number of hydrogen-bond donors (Lipinski definition) is 2. The van der Waals surface area contributed by atoms with E-state index in [4.69, 9.17) is 9.15 Å². The van der Waals surface area contributed by atoms with Gasteiger partial charge >= 0.3 is 0 Å². The molecule has 0 bridgehead atoms. The largest absolute Gasteiger partial charge is 0.459 e. The molecule has 1 heterocycles. The zero-order valence-electron chi connectivity index (χ0n) is 17.2. The number of rotatable bonds is 9. The molecule has 2 amide bonds. The lowest BCUT2D eigenvalue weighted by Gasteiger charge is -2.15. The lowest BCUT2D eigenvalue weighted by atomic mass is 10.1. The summed E-state index contributed by atoms with van der Waals surface area (Å²) in [6.07, 6.45) is 2.12. The van der Waals surface area contributed by atoms with Crippen LogP contribution in [0.4, 0.5) is 5.69 Å². The van der Waals surface area contributed by atoms with Crippen LogP contribution in [-0.2, 0) is 4.74 Å². The van der Waals surface area contributed by atoms with E-state index < -0.39 is 5.91 Å². The summed E-state index contributed by atoms with van der Waals surface area (Å²) in [7, 11) is 0. The second-order valence-electron chi connectivity index (χ2n) is 6.96. The van der Waals surface area contributed by atoms with E-state index in [1.165, 1.54) is 6.26 Å². The molecule has 0 saturated carbocycles. The number of benzene rings is 2. The first-order chi connectivity index (χ1) is 14.6. The quantitative estimate of drug-likeness (QED) is 0.503. The third-order valence-electron chi connectivity index (χ3n) is 4.74. The summed E-state index contributed by atoms with van der Waals surface area (Å²) in [5, 5.41) is 5.67. The van der Waals surface area contributed by atoms with Gasteiger partial charge in [0.25, 0.3) is 11.8 Å². The Bertz CT molecular complexity index is 968. The molecule has 3 rings (SSSR count). The SMILES string of the molecule is Cc1cccc(C(=O)NCCCOC(C)c2ccccc2)c1NC(=O)c1ccco1. The van der Waals surface area contributed by atoms with E-state index in [1.54, 1.807) is 24.3 Å². The van der Waals surface area contributed by atoms with Crippen LogP contribution in [0.5, 0.6) is 0 Å². The summed E-state index contributed by atoms with van der Waals surface area (Å²) >= 11 is 0. The Hall–Kier alpha value is -3.38. The zero-order chi connectivity index (χ0) is 21.3.